The number of carbonyl (C=O) groups excluding carboxylic acids is 1. The highest BCUT2D eigenvalue weighted by molar-refractivity contribution is 5.85. The van der Waals surface area contributed by atoms with Gasteiger partial charge in [-0.15, -0.1) is 0 Å². The van der Waals surface area contributed by atoms with Crippen LogP contribution < -0.4 is 10.6 Å². The minimum Gasteiger partial charge on any atom is -0.480 e. The van der Waals surface area contributed by atoms with Gasteiger partial charge in [0.25, 0.3) is 0 Å². The second kappa shape index (κ2) is 6.56. The molecule has 0 bridgehead atoms. The first-order chi connectivity index (χ1) is 8.06. The van der Waals surface area contributed by atoms with Crippen LogP contribution in [0.2, 0.25) is 0 Å². The number of carboxylic acid groups (broad SMARTS) is 1. The Morgan fingerprint density at radius 2 is 2.18 bits per heavy atom. The van der Waals surface area contributed by atoms with Crippen molar-refractivity contribution in [3.63, 3.8) is 0 Å². The van der Waals surface area contributed by atoms with Crippen molar-refractivity contribution in [3.05, 3.63) is 0 Å². The van der Waals surface area contributed by atoms with Crippen LogP contribution in [0.4, 0.5) is 0 Å². The van der Waals surface area contributed by atoms with Crippen molar-refractivity contribution in [2.75, 3.05) is 19.8 Å². The van der Waals surface area contributed by atoms with Crippen molar-refractivity contribution in [2.24, 2.45) is 5.92 Å². The summed E-state index contributed by atoms with van der Waals surface area (Å²) < 4.78 is 5.26. The van der Waals surface area contributed by atoms with Gasteiger partial charge in [0.15, 0.2) is 0 Å². The van der Waals surface area contributed by atoms with Gasteiger partial charge in [0.1, 0.15) is 6.04 Å². The van der Waals surface area contributed by atoms with E-state index < -0.39 is 12.0 Å². The summed E-state index contributed by atoms with van der Waals surface area (Å²) in [5, 5.41) is 14.4. The van der Waals surface area contributed by atoms with E-state index in [0.29, 0.717) is 13.2 Å². The summed E-state index contributed by atoms with van der Waals surface area (Å²) in [6.07, 6.45) is 0.983. The lowest BCUT2D eigenvalue weighted by molar-refractivity contribution is -0.142. The number of aliphatic carboxylic acids is 1. The normalized spacial score (nSPS) is 25.5. The third-order valence-electron chi connectivity index (χ3n) is 2.80. The summed E-state index contributed by atoms with van der Waals surface area (Å²) >= 11 is 0. The number of nitrogens with one attached hydrogen (secondary N) is 2. The number of rotatable bonds is 6. The Morgan fingerprint density at radius 1 is 1.47 bits per heavy atom. The maximum Gasteiger partial charge on any atom is 0.325 e. The lowest BCUT2D eigenvalue weighted by atomic mass is 10.0. The highest BCUT2D eigenvalue weighted by Gasteiger charge is 2.34. The maximum absolute atomic E-state index is 11.8. The lowest BCUT2D eigenvalue weighted by Crippen LogP contribution is -2.48. The van der Waals surface area contributed by atoms with E-state index in [1.54, 1.807) is 0 Å². The molecule has 98 valence electrons. The smallest absolute Gasteiger partial charge is 0.325 e. The zero-order valence-electron chi connectivity index (χ0n) is 10.2. The van der Waals surface area contributed by atoms with Crippen molar-refractivity contribution >= 4 is 11.9 Å². The molecule has 6 heteroatoms. The SMILES string of the molecule is CCCNC1COCC1C(=O)NC(C)C(=O)O. The van der Waals surface area contributed by atoms with E-state index in [9.17, 15) is 9.59 Å². The summed E-state index contributed by atoms with van der Waals surface area (Å²) in [5.41, 5.74) is 0. The van der Waals surface area contributed by atoms with Crippen LogP contribution in [-0.2, 0) is 14.3 Å². The summed E-state index contributed by atoms with van der Waals surface area (Å²) in [6.45, 7) is 5.17. The number of hydrogen-bond acceptors (Lipinski definition) is 4. The zero-order valence-corrected chi connectivity index (χ0v) is 10.2. The molecule has 1 saturated heterocycles. The summed E-state index contributed by atoms with van der Waals surface area (Å²) in [4.78, 5) is 22.5. The van der Waals surface area contributed by atoms with Crippen LogP contribution in [0.1, 0.15) is 20.3 Å². The maximum atomic E-state index is 11.8. The molecule has 3 atom stereocenters. The fourth-order valence-electron chi connectivity index (χ4n) is 1.73. The molecule has 1 heterocycles. The number of carbonyl (C=O) groups is 2. The first-order valence-electron chi connectivity index (χ1n) is 5.90. The number of hydrogen-bond donors (Lipinski definition) is 3. The molecule has 3 unspecified atom stereocenters. The van der Waals surface area contributed by atoms with Crippen LogP contribution in [0, 0.1) is 5.92 Å². The molecule has 0 aromatic heterocycles. The average Bonchev–Trinajstić information content (AvgIpc) is 2.74. The highest BCUT2D eigenvalue weighted by Crippen LogP contribution is 2.14. The quantitative estimate of drug-likeness (QED) is 0.591. The molecule has 1 aliphatic rings. The van der Waals surface area contributed by atoms with Crippen molar-refractivity contribution in [1.29, 1.82) is 0 Å². The zero-order chi connectivity index (χ0) is 12.8. The third kappa shape index (κ3) is 3.98. The molecule has 6 nitrogen and oxygen atoms in total. The van der Waals surface area contributed by atoms with Gasteiger partial charge in [0, 0.05) is 6.04 Å². The van der Waals surface area contributed by atoms with Gasteiger partial charge in [-0.2, -0.15) is 0 Å². The van der Waals surface area contributed by atoms with Gasteiger partial charge in [0.05, 0.1) is 19.1 Å². The highest BCUT2D eigenvalue weighted by atomic mass is 16.5. The Labute approximate surface area is 101 Å². The first-order valence-corrected chi connectivity index (χ1v) is 5.90. The van der Waals surface area contributed by atoms with Crippen molar-refractivity contribution in [1.82, 2.24) is 10.6 Å². The molecule has 0 radical (unpaired) electrons. The molecule has 1 fully saturated rings. The van der Waals surface area contributed by atoms with Gasteiger partial charge in [-0.25, -0.2) is 0 Å². The molecule has 0 aromatic rings. The fraction of sp³-hybridized carbons (Fsp3) is 0.818. The predicted octanol–water partition coefficient (Wildman–Crippen LogP) is -0.410. The molecule has 0 aromatic carbocycles. The van der Waals surface area contributed by atoms with Crippen LogP contribution in [0.3, 0.4) is 0 Å². The minimum absolute atomic E-state index is 0.0176. The summed E-state index contributed by atoms with van der Waals surface area (Å²) in [5.74, 6) is -1.59. The molecule has 0 aliphatic carbocycles. The second-order valence-corrected chi connectivity index (χ2v) is 4.27. The van der Waals surface area contributed by atoms with Gasteiger partial charge in [0.2, 0.25) is 5.91 Å². The Kier molecular flexibility index (Phi) is 5.37. The molecular weight excluding hydrogens is 224 g/mol. The van der Waals surface area contributed by atoms with Gasteiger partial charge in [-0.3, -0.25) is 9.59 Å². The summed E-state index contributed by atoms with van der Waals surface area (Å²) in [6, 6.07) is -0.883. The van der Waals surface area contributed by atoms with E-state index in [2.05, 4.69) is 10.6 Å². The van der Waals surface area contributed by atoms with Crippen LogP contribution >= 0.6 is 0 Å². The van der Waals surface area contributed by atoms with E-state index in [1.165, 1.54) is 6.92 Å². The minimum atomic E-state index is -1.03. The molecule has 0 saturated carbocycles. The van der Waals surface area contributed by atoms with Crippen LogP contribution in [-0.4, -0.2) is 48.8 Å². The Bertz CT molecular complexity index is 283. The predicted molar refractivity (Wildman–Crippen MR) is 61.6 cm³/mol. The van der Waals surface area contributed by atoms with Crippen LogP contribution in [0.5, 0.6) is 0 Å². The van der Waals surface area contributed by atoms with Gasteiger partial charge >= 0.3 is 5.97 Å². The first kappa shape index (κ1) is 13.9. The molecule has 3 N–H and O–H groups in total. The molecule has 1 rings (SSSR count). The van der Waals surface area contributed by atoms with Crippen LogP contribution in [0.15, 0.2) is 0 Å². The summed E-state index contributed by atoms with van der Waals surface area (Å²) in [7, 11) is 0. The van der Waals surface area contributed by atoms with E-state index in [0.717, 1.165) is 13.0 Å². The van der Waals surface area contributed by atoms with E-state index in [1.807, 2.05) is 6.92 Å². The number of amides is 1. The molecule has 17 heavy (non-hydrogen) atoms. The lowest BCUT2D eigenvalue weighted by Gasteiger charge is -2.19. The van der Waals surface area contributed by atoms with Gasteiger partial charge in [-0.05, 0) is 19.9 Å². The van der Waals surface area contributed by atoms with Gasteiger partial charge in [-0.1, -0.05) is 6.92 Å². The van der Waals surface area contributed by atoms with E-state index in [-0.39, 0.29) is 17.9 Å². The average molecular weight is 244 g/mol. The molecule has 1 aliphatic heterocycles. The molecule has 1 amide bonds. The van der Waals surface area contributed by atoms with Crippen molar-refractivity contribution < 1.29 is 19.4 Å². The van der Waals surface area contributed by atoms with Crippen molar-refractivity contribution in [2.45, 2.75) is 32.4 Å². The monoisotopic (exact) mass is 244 g/mol. The largest absolute Gasteiger partial charge is 0.480 e. The molecule has 0 spiro atoms. The van der Waals surface area contributed by atoms with E-state index >= 15 is 0 Å². The number of carboxylic acids is 1. The van der Waals surface area contributed by atoms with Gasteiger partial charge < -0.3 is 20.5 Å². The van der Waals surface area contributed by atoms with E-state index in [4.69, 9.17) is 9.84 Å². The fourth-order valence-corrected chi connectivity index (χ4v) is 1.73. The second-order valence-electron chi connectivity index (χ2n) is 4.27. The Hall–Kier alpha value is -1.14. The Morgan fingerprint density at radius 3 is 2.76 bits per heavy atom. The number of ether oxygens (including phenoxy) is 1. The topological polar surface area (TPSA) is 87.7 Å². The van der Waals surface area contributed by atoms with Crippen molar-refractivity contribution in [3.8, 4) is 0 Å². The molecular formula is C11H20N2O4. The standard InChI is InChI=1S/C11H20N2O4/c1-3-4-12-9-6-17-5-8(9)10(14)13-7(2)11(15)16/h7-9,12H,3-6H2,1-2H3,(H,13,14)(H,15,16). The Balaban J connectivity index is 2.46. The third-order valence-corrected chi connectivity index (χ3v) is 2.80. The van der Waals surface area contributed by atoms with Crippen LogP contribution in [0.25, 0.3) is 0 Å².